The van der Waals surface area contributed by atoms with Gasteiger partial charge in [-0.1, -0.05) is 6.92 Å². The van der Waals surface area contributed by atoms with Crippen molar-refractivity contribution < 1.29 is 19.5 Å². The summed E-state index contributed by atoms with van der Waals surface area (Å²) in [5.41, 5.74) is -1.24. The van der Waals surface area contributed by atoms with Gasteiger partial charge < -0.3 is 15.3 Å². The first-order valence-corrected chi connectivity index (χ1v) is 7.71. The number of hydrogen-bond acceptors (Lipinski definition) is 3. The molecule has 6 nitrogen and oxygen atoms in total. The second-order valence-electron chi connectivity index (χ2n) is 6.38. The fraction of sp³-hybridized carbons (Fsp3) is 0.800. The summed E-state index contributed by atoms with van der Waals surface area (Å²) in [7, 11) is 0. The first-order chi connectivity index (χ1) is 9.87. The van der Waals surface area contributed by atoms with Crippen LogP contribution in [0.5, 0.6) is 0 Å². The topological polar surface area (TPSA) is 86.7 Å². The number of nitrogens with one attached hydrogen (secondary N) is 1. The molecule has 1 saturated heterocycles. The number of hydrogen-bond donors (Lipinski definition) is 2. The van der Waals surface area contributed by atoms with Crippen LogP contribution in [0, 0.1) is 11.8 Å². The van der Waals surface area contributed by atoms with Crippen molar-refractivity contribution in [3.63, 3.8) is 0 Å². The third-order valence-corrected chi connectivity index (χ3v) is 4.61. The van der Waals surface area contributed by atoms with Gasteiger partial charge in [-0.2, -0.15) is 0 Å². The van der Waals surface area contributed by atoms with E-state index in [4.69, 9.17) is 0 Å². The van der Waals surface area contributed by atoms with E-state index in [2.05, 4.69) is 5.32 Å². The smallest absolute Gasteiger partial charge is 0.329 e. The number of amides is 2. The fourth-order valence-electron chi connectivity index (χ4n) is 2.65. The number of carbonyl (C=O) groups is 3. The van der Waals surface area contributed by atoms with Gasteiger partial charge in [0.2, 0.25) is 11.8 Å². The fourth-order valence-corrected chi connectivity index (χ4v) is 2.65. The first kappa shape index (κ1) is 15.8. The Balaban J connectivity index is 1.95. The van der Waals surface area contributed by atoms with E-state index in [0.717, 1.165) is 19.3 Å². The maximum absolute atomic E-state index is 12.3. The van der Waals surface area contributed by atoms with Crippen molar-refractivity contribution in [2.75, 3.05) is 13.1 Å². The van der Waals surface area contributed by atoms with Crippen LogP contribution in [-0.4, -0.2) is 46.4 Å². The van der Waals surface area contributed by atoms with Crippen molar-refractivity contribution in [2.45, 2.75) is 51.5 Å². The minimum absolute atomic E-state index is 0.156. The second kappa shape index (κ2) is 6.03. The number of rotatable bonds is 5. The summed E-state index contributed by atoms with van der Waals surface area (Å²) in [5.74, 6) is -1.27. The van der Waals surface area contributed by atoms with Crippen molar-refractivity contribution in [1.29, 1.82) is 0 Å². The average molecular weight is 296 g/mol. The van der Waals surface area contributed by atoms with Crippen LogP contribution in [0.1, 0.15) is 46.0 Å². The summed E-state index contributed by atoms with van der Waals surface area (Å²) in [5, 5.41) is 11.9. The Bertz CT molecular complexity index is 447. The van der Waals surface area contributed by atoms with Crippen molar-refractivity contribution in [2.24, 2.45) is 11.8 Å². The number of carboxylic acids is 1. The Kier molecular flexibility index (Phi) is 4.54. The highest BCUT2D eigenvalue weighted by atomic mass is 16.4. The van der Waals surface area contributed by atoms with Crippen molar-refractivity contribution in [1.82, 2.24) is 10.2 Å². The lowest BCUT2D eigenvalue weighted by atomic mass is 9.93. The molecular weight excluding hydrogens is 272 g/mol. The Morgan fingerprint density at radius 3 is 2.43 bits per heavy atom. The molecule has 1 saturated carbocycles. The van der Waals surface area contributed by atoms with Crippen molar-refractivity contribution >= 4 is 17.8 Å². The zero-order chi connectivity index (χ0) is 15.6. The molecule has 0 spiro atoms. The molecule has 2 amide bonds. The summed E-state index contributed by atoms with van der Waals surface area (Å²) in [6, 6.07) is 0. The predicted molar refractivity (Wildman–Crippen MR) is 76.5 cm³/mol. The number of carbonyl (C=O) groups excluding carboxylic acids is 2. The van der Waals surface area contributed by atoms with E-state index in [0.29, 0.717) is 25.9 Å². The van der Waals surface area contributed by atoms with Crippen LogP contribution in [-0.2, 0) is 14.4 Å². The molecule has 1 heterocycles. The maximum Gasteiger partial charge on any atom is 0.329 e. The largest absolute Gasteiger partial charge is 0.480 e. The van der Waals surface area contributed by atoms with E-state index in [1.807, 2.05) is 0 Å². The lowest BCUT2D eigenvalue weighted by Gasteiger charge is -2.34. The SMILES string of the molecule is CCC(C)(NC(=O)C1CCCN(C(=O)C2CC2)C1)C(=O)O. The normalized spacial score (nSPS) is 25.0. The van der Waals surface area contributed by atoms with E-state index in [-0.39, 0.29) is 23.7 Å². The standard InChI is InChI=1S/C15H24N2O4/c1-3-15(2,14(20)21)16-12(18)11-5-4-8-17(9-11)13(19)10-6-7-10/h10-11H,3-9H2,1-2H3,(H,16,18)(H,20,21). The van der Waals surface area contributed by atoms with Crippen LogP contribution in [0.3, 0.4) is 0 Å². The third-order valence-electron chi connectivity index (χ3n) is 4.61. The highest BCUT2D eigenvalue weighted by Crippen LogP contribution is 2.32. The number of piperidine rings is 1. The number of carboxylic acid groups (broad SMARTS) is 1. The van der Waals surface area contributed by atoms with E-state index in [1.54, 1.807) is 11.8 Å². The Labute approximate surface area is 124 Å². The van der Waals surface area contributed by atoms with Gasteiger partial charge in [0.25, 0.3) is 0 Å². The number of likely N-dealkylation sites (tertiary alicyclic amines) is 1. The van der Waals surface area contributed by atoms with Crippen LogP contribution < -0.4 is 5.32 Å². The monoisotopic (exact) mass is 296 g/mol. The van der Waals surface area contributed by atoms with E-state index >= 15 is 0 Å². The van der Waals surface area contributed by atoms with Crippen LogP contribution in [0.2, 0.25) is 0 Å². The highest BCUT2D eigenvalue weighted by Gasteiger charge is 2.39. The van der Waals surface area contributed by atoms with Gasteiger partial charge in [0.15, 0.2) is 0 Å². The molecule has 1 aliphatic carbocycles. The summed E-state index contributed by atoms with van der Waals surface area (Å²) in [6.07, 6.45) is 3.75. The lowest BCUT2D eigenvalue weighted by molar-refractivity contribution is -0.148. The van der Waals surface area contributed by atoms with E-state index in [1.165, 1.54) is 6.92 Å². The zero-order valence-electron chi connectivity index (χ0n) is 12.7. The van der Waals surface area contributed by atoms with Gasteiger partial charge in [-0.05, 0) is 39.0 Å². The summed E-state index contributed by atoms with van der Waals surface area (Å²) < 4.78 is 0. The van der Waals surface area contributed by atoms with E-state index < -0.39 is 11.5 Å². The van der Waals surface area contributed by atoms with Crippen LogP contribution in [0.15, 0.2) is 0 Å². The Morgan fingerprint density at radius 1 is 1.24 bits per heavy atom. The predicted octanol–water partition coefficient (Wildman–Crippen LogP) is 1.00. The molecule has 2 atom stereocenters. The zero-order valence-corrected chi connectivity index (χ0v) is 12.7. The molecule has 0 radical (unpaired) electrons. The van der Waals surface area contributed by atoms with Gasteiger partial charge in [0.05, 0.1) is 5.92 Å². The lowest BCUT2D eigenvalue weighted by Crippen LogP contribution is -2.55. The molecule has 0 aromatic rings. The van der Waals surface area contributed by atoms with Gasteiger partial charge >= 0.3 is 5.97 Å². The maximum atomic E-state index is 12.3. The van der Waals surface area contributed by atoms with Crippen LogP contribution in [0.25, 0.3) is 0 Å². The van der Waals surface area contributed by atoms with Gasteiger partial charge in [-0.25, -0.2) is 4.79 Å². The molecule has 0 aromatic heterocycles. The van der Waals surface area contributed by atoms with Gasteiger partial charge in [-0.15, -0.1) is 0 Å². The molecule has 1 aliphatic heterocycles. The summed E-state index contributed by atoms with van der Waals surface area (Å²) in [6.45, 7) is 4.38. The first-order valence-electron chi connectivity index (χ1n) is 7.71. The average Bonchev–Trinajstić information content (AvgIpc) is 3.30. The van der Waals surface area contributed by atoms with Crippen LogP contribution in [0.4, 0.5) is 0 Å². The molecule has 2 unspecified atom stereocenters. The number of aliphatic carboxylic acids is 1. The molecule has 2 aliphatic rings. The molecule has 118 valence electrons. The van der Waals surface area contributed by atoms with Gasteiger partial charge in [0.1, 0.15) is 5.54 Å². The Morgan fingerprint density at radius 2 is 1.90 bits per heavy atom. The molecule has 6 heteroatoms. The summed E-state index contributed by atoms with van der Waals surface area (Å²) in [4.78, 5) is 37.4. The molecule has 0 bridgehead atoms. The van der Waals surface area contributed by atoms with E-state index in [9.17, 15) is 19.5 Å². The minimum atomic E-state index is -1.24. The molecule has 0 aromatic carbocycles. The molecule has 21 heavy (non-hydrogen) atoms. The van der Waals surface area contributed by atoms with Crippen LogP contribution >= 0.6 is 0 Å². The van der Waals surface area contributed by atoms with Gasteiger partial charge in [-0.3, -0.25) is 9.59 Å². The Hall–Kier alpha value is -1.59. The molecule has 2 N–H and O–H groups in total. The van der Waals surface area contributed by atoms with Crippen molar-refractivity contribution in [3.05, 3.63) is 0 Å². The quantitative estimate of drug-likeness (QED) is 0.792. The minimum Gasteiger partial charge on any atom is -0.480 e. The molecule has 2 fully saturated rings. The third kappa shape index (κ3) is 3.54. The van der Waals surface area contributed by atoms with Gasteiger partial charge in [0, 0.05) is 19.0 Å². The number of nitrogens with zero attached hydrogens (tertiary/aromatic N) is 1. The summed E-state index contributed by atoms with van der Waals surface area (Å²) >= 11 is 0. The van der Waals surface area contributed by atoms with Crippen molar-refractivity contribution in [3.8, 4) is 0 Å². The highest BCUT2D eigenvalue weighted by molar-refractivity contribution is 5.88. The molecule has 2 rings (SSSR count). The molecular formula is C15H24N2O4. The second-order valence-corrected chi connectivity index (χ2v) is 6.38.